The van der Waals surface area contributed by atoms with Crippen LogP contribution in [0.15, 0.2) is 30.3 Å². The molecule has 0 aromatic heterocycles. The molecular formula is C16H26N2O2S. The highest BCUT2D eigenvalue weighted by Gasteiger charge is 2.28. The SMILES string of the molecule is CC(c1ccccc1)C(N)CC1CCCN(S(C)(=O)=O)C1. The topological polar surface area (TPSA) is 63.4 Å². The lowest BCUT2D eigenvalue weighted by atomic mass is 9.85. The Labute approximate surface area is 128 Å². The molecule has 4 nitrogen and oxygen atoms in total. The van der Waals surface area contributed by atoms with Gasteiger partial charge in [0.1, 0.15) is 0 Å². The van der Waals surface area contributed by atoms with Crippen LogP contribution in [-0.4, -0.2) is 38.1 Å². The third-order valence-electron chi connectivity index (χ3n) is 4.52. The van der Waals surface area contributed by atoms with E-state index < -0.39 is 10.0 Å². The molecule has 1 aliphatic heterocycles. The lowest BCUT2D eigenvalue weighted by Gasteiger charge is -2.33. The summed E-state index contributed by atoms with van der Waals surface area (Å²) in [5.74, 6) is 0.662. The highest BCUT2D eigenvalue weighted by atomic mass is 32.2. The summed E-state index contributed by atoms with van der Waals surface area (Å²) in [6.07, 6.45) is 4.18. The Morgan fingerprint density at radius 2 is 2.00 bits per heavy atom. The van der Waals surface area contributed by atoms with Gasteiger partial charge < -0.3 is 5.73 Å². The predicted octanol–water partition coefficient (Wildman–Crippen LogP) is 2.18. The molecule has 118 valence electrons. The summed E-state index contributed by atoms with van der Waals surface area (Å²) in [4.78, 5) is 0. The Morgan fingerprint density at radius 1 is 1.33 bits per heavy atom. The first-order valence-corrected chi connectivity index (χ1v) is 9.48. The minimum atomic E-state index is -3.07. The van der Waals surface area contributed by atoms with Crippen molar-refractivity contribution in [1.82, 2.24) is 4.31 Å². The minimum Gasteiger partial charge on any atom is -0.327 e. The Morgan fingerprint density at radius 3 is 2.62 bits per heavy atom. The number of piperidine rings is 1. The summed E-state index contributed by atoms with van der Waals surface area (Å²) in [5.41, 5.74) is 7.62. The van der Waals surface area contributed by atoms with Crippen molar-refractivity contribution in [2.24, 2.45) is 11.7 Å². The van der Waals surface area contributed by atoms with Gasteiger partial charge in [-0.05, 0) is 36.7 Å². The number of benzene rings is 1. The van der Waals surface area contributed by atoms with Gasteiger partial charge in [-0.2, -0.15) is 0 Å². The first kappa shape index (κ1) is 16.5. The molecule has 2 N–H and O–H groups in total. The Bertz CT molecular complexity index is 545. The molecule has 1 aromatic rings. The molecule has 0 saturated carbocycles. The number of nitrogens with zero attached hydrogens (tertiary/aromatic N) is 1. The van der Waals surface area contributed by atoms with E-state index in [0.29, 0.717) is 24.9 Å². The van der Waals surface area contributed by atoms with Crippen LogP contribution < -0.4 is 5.73 Å². The summed E-state index contributed by atoms with van der Waals surface area (Å²) in [6.45, 7) is 3.42. The van der Waals surface area contributed by atoms with Crippen LogP contribution in [0.5, 0.6) is 0 Å². The van der Waals surface area contributed by atoms with Gasteiger partial charge in [-0.1, -0.05) is 37.3 Å². The van der Waals surface area contributed by atoms with Crippen molar-refractivity contribution >= 4 is 10.0 Å². The second-order valence-electron chi connectivity index (χ2n) is 6.23. The highest BCUT2D eigenvalue weighted by Crippen LogP contribution is 2.27. The van der Waals surface area contributed by atoms with E-state index in [4.69, 9.17) is 5.73 Å². The van der Waals surface area contributed by atoms with E-state index in [-0.39, 0.29) is 6.04 Å². The molecule has 0 spiro atoms. The van der Waals surface area contributed by atoms with Gasteiger partial charge in [0.25, 0.3) is 0 Å². The third kappa shape index (κ3) is 4.53. The average molecular weight is 310 g/mol. The van der Waals surface area contributed by atoms with Gasteiger partial charge in [-0.25, -0.2) is 12.7 Å². The third-order valence-corrected chi connectivity index (χ3v) is 5.79. The smallest absolute Gasteiger partial charge is 0.211 e. The molecule has 1 aromatic carbocycles. The molecule has 0 radical (unpaired) electrons. The lowest BCUT2D eigenvalue weighted by Crippen LogP contribution is -2.41. The van der Waals surface area contributed by atoms with Crippen LogP contribution >= 0.6 is 0 Å². The van der Waals surface area contributed by atoms with Crippen molar-refractivity contribution in [2.75, 3.05) is 19.3 Å². The normalized spacial score (nSPS) is 23.7. The summed E-state index contributed by atoms with van der Waals surface area (Å²) in [6, 6.07) is 10.3. The van der Waals surface area contributed by atoms with Gasteiger partial charge in [-0.3, -0.25) is 0 Å². The second kappa shape index (κ2) is 6.90. The van der Waals surface area contributed by atoms with Gasteiger partial charge in [0.15, 0.2) is 0 Å². The predicted molar refractivity (Wildman–Crippen MR) is 86.6 cm³/mol. The van der Waals surface area contributed by atoms with E-state index in [1.807, 2.05) is 18.2 Å². The van der Waals surface area contributed by atoms with Gasteiger partial charge >= 0.3 is 0 Å². The highest BCUT2D eigenvalue weighted by molar-refractivity contribution is 7.88. The van der Waals surface area contributed by atoms with E-state index in [2.05, 4.69) is 19.1 Å². The molecule has 3 atom stereocenters. The average Bonchev–Trinajstić information content (AvgIpc) is 2.47. The number of nitrogens with two attached hydrogens (primary N) is 1. The van der Waals surface area contributed by atoms with Crippen LogP contribution in [0.2, 0.25) is 0 Å². The van der Waals surface area contributed by atoms with Crippen molar-refractivity contribution in [3.8, 4) is 0 Å². The van der Waals surface area contributed by atoms with E-state index in [9.17, 15) is 8.42 Å². The van der Waals surface area contributed by atoms with Crippen LogP contribution in [0.1, 0.15) is 37.7 Å². The van der Waals surface area contributed by atoms with Crippen molar-refractivity contribution in [2.45, 2.75) is 38.1 Å². The molecule has 2 rings (SSSR count). The van der Waals surface area contributed by atoms with E-state index in [0.717, 1.165) is 19.3 Å². The molecule has 0 bridgehead atoms. The fourth-order valence-corrected chi connectivity index (χ4v) is 4.06. The van der Waals surface area contributed by atoms with Gasteiger partial charge in [0, 0.05) is 19.1 Å². The molecule has 3 unspecified atom stereocenters. The zero-order valence-electron chi connectivity index (χ0n) is 12.9. The molecule has 0 aliphatic carbocycles. The van der Waals surface area contributed by atoms with Crippen LogP contribution in [-0.2, 0) is 10.0 Å². The van der Waals surface area contributed by atoms with E-state index in [1.54, 1.807) is 4.31 Å². The standard InChI is InChI=1S/C16H26N2O2S/c1-13(15-8-4-3-5-9-15)16(17)11-14-7-6-10-18(12-14)21(2,19)20/h3-5,8-9,13-14,16H,6-7,10-12,17H2,1-2H3. The van der Waals surface area contributed by atoms with Gasteiger partial charge in [0.2, 0.25) is 10.0 Å². The lowest BCUT2D eigenvalue weighted by molar-refractivity contribution is 0.241. The van der Waals surface area contributed by atoms with Gasteiger partial charge in [-0.15, -0.1) is 0 Å². The van der Waals surface area contributed by atoms with Crippen LogP contribution in [0.25, 0.3) is 0 Å². The number of sulfonamides is 1. The molecule has 1 fully saturated rings. The molecule has 21 heavy (non-hydrogen) atoms. The van der Waals surface area contributed by atoms with Crippen molar-refractivity contribution in [1.29, 1.82) is 0 Å². The summed E-state index contributed by atoms with van der Waals surface area (Å²) < 4.78 is 24.9. The zero-order valence-corrected chi connectivity index (χ0v) is 13.7. The molecular weight excluding hydrogens is 284 g/mol. The molecule has 5 heteroatoms. The first-order valence-electron chi connectivity index (χ1n) is 7.63. The first-order chi connectivity index (χ1) is 9.88. The maximum atomic E-state index is 11.7. The number of rotatable bonds is 5. The van der Waals surface area contributed by atoms with Crippen molar-refractivity contribution < 1.29 is 8.42 Å². The van der Waals surface area contributed by atoms with Crippen molar-refractivity contribution in [3.63, 3.8) is 0 Å². The number of hydrogen-bond acceptors (Lipinski definition) is 3. The van der Waals surface area contributed by atoms with E-state index >= 15 is 0 Å². The second-order valence-corrected chi connectivity index (χ2v) is 8.21. The molecule has 1 saturated heterocycles. The number of hydrogen-bond donors (Lipinski definition) is 1. The van der Waals surface area contributed by atoms with Crippen LogP contribution in [0.4, 0.5) is 0 Å². The van der Waals surface area contributed by atoms with E-state index in [1.165, 1.54) is 11.8 Å². The van der Waals surface area contributed by atoms with Crippen LogP contribution in [0, 0.1) is 5.92 Å². The maximum Gasteiger partial charge on any atom is 0.211 e. The fourth-order valence-electron chi connectivity index (χ4n) is 3.11. The minimum absolute atomic E-state index is 0.0666. The van der Waals surface area contributed by atoms with Gasteiger partial charge in [0.05, 0.1) is 6.26 Å². The Kier molecular flexibility index (Phi) is 5.41. The summed E-state index contributed by atoms with van der Waals surface area (Å²) in [7, 11) is -3.07. The molecule has 1 heterocycles. The Hall–Kier alpha value is -0.910. The van der Waals surface area contributed by atoms with Crippen LogP contribution in [0.3, 0.4) is 0 Å². The summed E-state index contributed by atoms with van der Waals surface area (Å²) in [5, 5.41) is 0. The maximum absolute atomic E-state index is 11.7. The quantitative estimate of drug-likeness (QED) is 0.906. The monoisotopic (exact) mass is 310 g/mol. The fraction of sp³-hybridized carbons (Fsp3) is 0.625. The molecule has 1 aliphatic rings. The molecule has 0 amide bonds. The summed E-state index contributed by atoms with van der Waals surface area (Å²) >= 11 is 0. The Balaban J connectivity index is 1.95. The zero-order chi connectivity index (χ0) is 15.5. The van der Waals surface area contributed by atoms with Crippen molar-refractivity contribution in [3.05, 3.63) is 35.9 Å². The largest absolute Gasteiger partial charge is 0.327 e.